The highest BCUT2D eigenvalue weighted by molar-refractivity contribution is 7.99. The third kappa shape index (κ3) is 17.6. The van der Waals surface area contributed by atoms with Crippen LogP contribution in [0.5, 0.6) is 0 Å². The Hall–Kier alpha value is -2.60. The zero-order valence-electron chi connectivity index (χ0n) is 17.4. The van der Waals surface area contributed by atoms with Gasteiger partial charge in [0.05, 0.1) is 0 Å². The molecule has 0 bridgehead atoms. The maximum atomic E-state index is 11.5. The monoisotopic (exact) mass is 515 g/mol. The van der Waals surface area contributed by atoms with Gasteiger partial charge in [0.1, 0.15) is 30.7 Å². The van der Waals surface area contributed by atoms with Crippen LogP contribution >= 0.6 is 24.4 Å². The van der Waals surface area contributed by atoms with Crippen LogP contribution in [0.15, 0.2) is 0 Å². The SMILES string of the molecule is NC(CCC(=O)NC(CS)C(=O)NCC(=O)O)C(=O)O.NC(CSC[C@H](N)C(=O)O)C(=O)O. The molecule has 3 unspecified atom stereocenters. The average molecular weight is 516 g/mol. The van der Waals surface area contributed by atoms with Crippen molar-refractivity contribution in [2.45, 2.75) is 37.0 Å². The molecule has 0 spiro atoms. The minimum Gasteiger partial charge on any atom is -0.480 e. The zero-order chi connectivity index (χ0) is 26.1. The van der Waals surface area contributed by atoms with Gasteiger partial charge in [0.15, 0.2) is 0 Å². The molecular weight excluding hydrogens is 486 g/mol. The van der Waals surface area contributed by atoms with Gasteiger partial charge in [0.25, 0.3) is 0 Å². The Bertz CT molecular complexity index is 677. The fourth-order valence-electron chi connectivity index (χ4n) is 1.62. The van der Waals surface area contributed by atoms with Crippen molar-refractivity contribution in [3.63, 3.8) is 0 Å². The number of amides is 2. The number of carbonyl (C=O) groups is 6. The van der Waals surface area contributed by atoms with E-state index in [1.54, 1.807) is 0 Å². The molecule has 0 rings (SSSR count). The lowest BCUT2D eigenvalue weighted by atomic mass is 10.1. The molecular formula is C16H29N5O10S2. The summed E-state index contributed by atoms with van der Waals surface area (Å²) in [6, 6.07) is -4.08. The zero-order valence-corrected chi connectivity index (χ0v) is 19.1. The van der Waals surface area contributed by atoms with Gasteiger partial charge < -0.3 is 48.3 Å². The first-order valence-corrected chi connectivity index (χ1v) is 10.9. The van der Waals surface area contributed by atoms with Crippen LogP contribution in [0.1, 0.15) is 12.8 Å². The summed E-state index contributed by atoms with van der Waals surface area (Å²) in [7, 11) is 0. The first-order valence-electron chi connectivity index (χ1n) is 9.15. The van der Waals surface area contributed by atoms with E-state index in [1.165, 1.54) is 0 Å². The molecule has 190 valence electrons. The first kappa shape index (κ1) is 32.6. The van der Waals surface area contributed by atoms with Crippen molar-refractivity contribution in [3.05, 3.63) is 0 Å². The second kappa shape index (κ2) is 17.9. The van der Waals surface area contributed by atoms with E-state index >= 15 is 0 Å². The van der Waals surface area contributed by atoms with Crippen LogP contribution in [0, 0.1) is 0 Å². The Balaban J connectivity index is 0. The van der Waals surface area contributed by atoms with Crippen molar-refractivity contribution >= 4 is 60.1 Å². The topological polar surface area (TPSA) is 285 Å². The molecule has 17 heteroatoms. The number of aliphatic carboxylic acids is 4. The fourth-order valence-corrected chi connectivity index (χ4v) is 2.81. The molecule has 2 amide bonds. The van der Waals surface area contributed by atoms with E-state index in [0.717, 1.165) is 11.8 Å². The van der Waals surface area contributed by atoms with Crippen molar-refractivity contribution in [1.29, 1.82) is 0 Å². The molecule has 0 aliphatic carbocycles. The Morgan fingerprint density at radius 3 is 1.64 bits per heavy atom. The molecule has 0 aromatic rings. The van der Waals surface area contributed by atoms with Crippen molar-refractivity contribution < 1.29 is 49.2 Å². The van der Waals surface area contributed by atoms with E-state index in [4.69, 9.17) is 37.6 Å². The Kier molecular flexibility index (Phi) is 17.7. The highest BCUT2D eigenvalue weighted by atomic mass is 32.2. The molecule has 0 aromatic heterocycles. The summed E-state index contributed by atoms with van der Waals surface area (Å²) >= 11 is 4.99. The van der Waals surface area contributed by atoms with Crippen LogP contribution in [-0.2, 0) is 28.8 Å². The maximum absolute atomic E-state index is 11.5. The molecule has 0 saturated carbocycles. The van der Waals surface area contributed by atoms with Crippen LogP contribution in [0.2, 0.25) is 0 Å². The van der Waals surface area contributed by atoms with Crippen LogP contribution < -0.4 is 27.8 Å². The van der Waals surface area contributed by atoms with Gasteiger partial charge in [-0.25, -0.2) is 0 Å². The van der Waals surface area contributed by atoms with Crippen molar-refractivity contribution in [2.24, 2.45) is 17.2 Å². The standard InChI is InChI=1S/C10H17N3O6S.C6H12N2O4S/c11-5(10(18)19)1-2-7(14)13-6(4-20)9(17)12-3-8(15)16;7-3(5(9)10)1-13-2-4(8)6(11)12/h5-6,20H,1-4,11H2,(H,12,17)(H,13,14)(H,15,16)(H,18,19);3-4H,1-2,7-8H2,(H,9,10)(H,11,12)/t;3-,4?/m.0/s1. The smallest absolute Gasteiger partial charge is 0.322 e. The molecule has 0 aliphatic heterocycles. The number of rotatable bonds is 15. The lowest BCUT2D eigenvalue weighted by molar-refractivity contribution is -0.139. The molecule has 0 aliphatic rings. The predicted molar refractivity (Wildman–Crippen MR) is 120 cm³/mol. The molecule has 0 aromatic carbocycles. The number of thioether (sulfide) groups is 1. The highest BCUT2D eigenvalue weighted by Gasteiger charge is 2.21. The molecule has 33 heavy (non-hydrogen) atoms. The minimum atomic E-state index is -1.22. The minimum absolute atomic E-state index is 0.0256. The van der Waals surface area contributed by atoms with Gasteiger partial charge in [-0.05, 0) is 6.42 Å². The van der Waals surface area contributed by atoms with Gasteiger partial charge >= 0.3 is 23.9 Å². The van der Waals surface area contributed by atoms with E-state index in [9.17, 15) is 28.8 Å². The number of nitrogens with two attached hydrogens (primary N) is 3. The second-order valence-electron chi connectivity index (χ2n) is 6.32. The molecule has 0 saturated heterocycles. The maximum Gasteiger partial charge on any atom is 0.322 e. The summed E-state index contributed by atoms with van der Waals surface area (Å²) in [6.45, 7) is -0.567. The lowest BCUT2D eigenvalue weighted by Crippen LogP contribution is -2.49. The molecule has 0 radical (unpaired) electrons. The van der Waals surface area contributed by atoms with E-state index in [2.05, 4.69) is 23.3 Å². The van der Waals surface area contributed by atoms with Crippen LogP contribution in [0.3, 0.4) is 0 Å². The van der Waals surface area contributed by atoms with Gasteiger partial charge in [-0.1, -0.05) is 0 Å². The number of carboxylic acid groups (broad SMARTS) is 4. The van der Waals surface area contributed by atoms with Gasteiger partial charge in [-0.2, -0.15) is 24.4 Å². The van der Waals surface area contributed by atoms with Gasteiger partial charge in [-0.3, -0.25) is 28.8 Å². The van der Waals surface area contributed by atoms with Crippen molar-refractivity contribution in [1.82, 2.24) is 10.6 Å². The van der Waals surface area contributed by atoms with E-state index in [-0.39, 0.29) is 30.1 Å². The number of thiol groups is 1. The number of nitrogens with one attached hydrogen (secondary N) is 2. The fraction of sp³-hybridized carbons (Fsp3) is 0.625. The number of carbonyl (C=O) groups excluding carboxylic acids is 2. The molecule has 15 nitrogen and oxygen atoms in total. The van der Waals surface area contributed by atoms with Gasteiger partial charge in [-0.15, -0.1) is 0 Å². The van der Waals surface area contributed by atoms with Crippen LogP contribution in [-0.4, -0.2) is 104 Å². The van der Waals surface area contributed by atoms with E-state index in [1.807, 2.05) is 0 Å². The van der Waals surface area contributed by atoms with Gasteiger partial charge in [0, 0.05) is 23.7 Å². The number of carboxylic acids is 4. The number of hydrogen-bond acceptors (Lipinski definition) is 11. The second-order valence-corrected chi connectivity index (χ2v) is 7.76. The third-order valence-corrected chi connectivity index (χ3v) is 5.03. The van der Waals surface area contributed by atoms with E-state index < -0.39 is 66.4 Å². The summed E-state index contributed by atoms with van der Waals surface area (Å²) in [4.78, 5) is 64.2. The van der Waals surface area contributed by atoms with Gasteiger partial charge in [0.2, 0.25) is 11.8 Å². The molecule has 0 heterocycles. The predicted octanol–water partition coefficient (Wildman–Crippen LogP) is -3.66. The lowest BCUT2D eigenvalue weighted by Gasteiger charge is -2.16. The molecule has 12 N–H and O–H groups in total. The molecule has 0 fully saturated rings. The first-order chi connectivity index (χ1) is 15.2. The molecule has 4 atom stereocenters. The Morgan fingerprint density at radius 2 is 1.27 bits per heavy atom. The Morgan fingerprint density at radius 1 is 0.818 bits per heavy atom. The number of hydrogen-bond donors (Lipinski definition) is 10. The largest absolute Gasteiger partial charge is 0.480 e. The quantitative estimate of drug-likeness (QED) is 0.0940. The third-order valence-electron chi connectivity index (χ3n) is 3.48. The summed E-state index contributed by atoms with van der Waals surface area (Å²) in [5, 5.41) is 38.1. The Labute approximate surface area is 198 Å². The van der Waals surface area contributed by atoms with Crippen LogP contribution in [0.4, 0.5) is 0 Å². The summed E-state index contributed by atoms with van der Waals surface area (Å²) in [5.41, 5.74) is 15.6. The van der Waals surface area contributed by atoms with Crippen molar-refractivity contribution in [2.75, 3.05) is 23.8 Å². The summed E-state index contributed by atoms with van der Waals surface area (Å²) < 4.78 is 0. The van der Waals surface area contributed by atoms with Crippen LogP contribution in [0.25, 0.3) is 0 Å². The normalized spacial score (nSPS) is 13.8. The van der Waals surface area contributed by atoms with Crippen molar-refractivity contribution in [3.8, 4) is 0 Å². The summed E-state index contributed by atoms with van der Waals surface area (Å²) in [6.07, 6.45) is -0.235. The highest BCUT2D eigenvalue weighted by Crippen LogP contribution is 2.03. The average Bonchev–Trinajstić information content (AvgIpc) is 2.73. The summed E-state index contributed by atoms with van der Waals surface area (Å²) in [5.74, 6) is -5.58. The van der Waals surface area contributed by atoms with E-state index in [0.29, 0.717) is 0 Å².